The minimum Gasteiger partial charge on any atom is -0.395 e. The van der Waals surface area contributed by atoms with Crippen LogP contribution in [0.1, 0.15) is 52.9 Å². The maximum absolute atomic E-state index is 9.07. The Morgan fingerprint density at radius 2 is 1.80 bits per heavy atom. The van der Waals surface area contributed by atoms with Gasteiger partial charge in [-0.1, -0.05) is 13.3 Å². The van der Waals surface area contributed by atoms with Gasteiger partial charge in [0.15, 0.2) is 0 Å². The normalized spacial score (nSPS) is 27.6. The predicted molar refractivity (Wildman–Crippen MR) is 65.0 cm³/mol. The summed E-state index contributed by atoms with van der Waals surface area (Å²) in [5.74, 6) is 0.962. The topological polar surface area (TPSA) is 23.5 Å². The zero-order valence-electron chi connectivity index (χ0n) is 10.6. The van der Waals surface area contributed by atoms with Crippen molar-refractivity contribution < 1.29 is 5.11 Å². The molecular weight excluding hydrogens is 186 g/mol. The van der Waals surface area contributed by atoms with Gasteiger partial charge in [0.2, 0.25) is 0 Å². The van der Waals surface area contributed by atoms with Crippen molar-refractivity contribution in [2.24, 2.45) is 5.92 Å². The van der Waals surface area contributed by atoms with Crippen molar-refractivity contribution >= 4 is 0 Å². The summed E-state index contributed by atoms with van der Waals surface area (Å²) in [4.78, 5) is 2.48. The number of hydrogen-bond donors (Lipinski definition) is 1. The first-order valence-corrected chi connectivity index (χ1v) is 6.55. The van der Waals surface area contributed by atoms with Crippen LogP contribution in [0.4, 0.5) is 0 Å². The summed E-state index contributed by atoms with van der Waals surface area (Å²) in [6.45, 7) is 7.92. The SMILES string of the molecule is CCC1CCC(N(CCO)C(C)C)CC1. The Morgan fingerprint density at radius 3 is 2.20 bits per heavy atom. The second kappa shape index (κ2) is 6.49. The van der Waals surface area contributed by atoms with E-state index < -0.39 is 0 Å². The molecule has 0 radical (unpaired) electrons. The molecule has 0 atom stereocenters. The Bertz CT molecular complexity index is 162. The lowest BCUT2D eigenvalue weighted by Gasteiger charge is -2.38. The fourth-order valence-electron chi connectivity index (χ4n) is 2.86. The second-order valence-electron chi connectivity index (χ2n) is 5.14. The third-order valence-electron chi connectivity index (χ3n) is 3.88. The van der Waals surface area contributed by atoms with Gasteiger partial charge in [-0.25, -0.2) is 0 Å². The lowest BCUT2D eigenvalue weighted by Crippen LogP contribution is -2.44. The molecule has 1 aliphatic carbocycles. The van der Waals surface area contributed by atoms with E-state index in [2.05, 4.69) is 25.7 Å². The molecule has 1 N–H and O–H groups in total. The van der Waals surface area contributed by atoms with Crippen LogP contribution in [0.25, 0.3) is 0 Å². The first kappa shape index (κ1) is 13.0. The Kier molecular flexibility index (Phi) is 5.62. The number of rotatable bonds is 5. The number of hydrogen-bond acceptors (Lipinski definition) is 2. The highest BCUT2D eigenvalue weighted by molar-refractivity contribution is 4.80. The maximum atomic E-state index is 9.07. The molecule has 0 aromatic carbocycles. The lowest BCUT2D eigenvalue weighted by molar-refractivity contribution is 0.0829. The first-order chi connectivity index (χ1) is 7.19. The van der Waals surface area contributed by atoms with Crippen molar-refractivity contribution in [1.29, 1.82) is 0 Å². The Balaban J connectivity index is 2.41. The molecule has 0 bridgehead atoms. The van der Waals surface area contributed by atoms with Crippen molar-refractivity contribution in [2.45, 2.75) is 65.0 Å². The third kappa shape index (κ3) is 3.76. The van der Waals surface area contributed by atoms with Crippen LogP contribution in [0.15, 0.2) is 0 Å². The molecule has 0 heterocycles. The van der Waals surface area contributed by atoms with Crippen molar-refractivity contribution in [3.05, 3.63) is 0 Å². The number of aliphatic hydroxyl groups excluding tert-OH is 1. The van der Waals surface area contributed by atoms with Gasteiger partial charge in [-0.2, -0.15) is 0 Å². The number of nitrogens with zero attached hydrogens (tertiary/aromatic N) is 1. The molecular formula is C13H27NO. The number of aliphatic hydroxyl groups is 1. The first-order valence-electron chi connectivity index (χ1n) is 6.55. The van der Waals surface area contributed by atoms with Gasteiger partial charge >= 0.3 is 0 Å². The van der Waals surface area contributed by atoms with E-state index in [1.807, 2.05) is 0 Å². The minimum atomic E-state index is 0.298. The van der Waals surface area contributed by atoms with Crippen molar-refractivity contribution in [3.8, 4) is 0 Å². The van der Waals surface area contributed by atoms with Gasteiger partial charge in [0.05, 0.1) is 6.61 Å². The maximum Gasteiger partial charge on any atom is 0.0558 e. The molecule has 0 amide bonds. The van der Waals surface area contributed by atoms with Gasteiger partial charge < -0.3 is 5.11 Å². The molecule has 2 heteroatoms. The van der Waals surface area contributed by atoms with Crippen molar-refractivity contribution in [1.82, 2.24) is 4.90 Å². The van der Waals surface area contributed by atoms with Gasteiger partial charge in [-0.05, 0) is 45.4 Å². The van der Waals surface area contributed by atoms with Crippen molar-refractivity contribution in [2.75, 3.05) is 13.2 Å². The Hall–Kier alpha value is -0.0800. The van der Waals surface area contributed by atoms with Crippen LogP contribution in [-0.4, -0.2) is 35.2 Å². The molecule has 0 aliphatic heterocycles. The molecule has 0 unspecified atom stereocenters. The third-order valence-corrected chi connectivity index (χ3v) is 3.88. The van der Waals surface area contributed by atoms with E-state index in [1.165, 1.54) is 32.1 Å². The van der Waals surface area contributed by atoms with Crippen LogP contribution in [0, 0.1) is 5.92 Å². The summed E-state index contributed by atoms with van der Waals surface area (Å²) in [7, 11) is 0. The molecule has 1 fully saturated rings. The van der Waals surface area contributed by atoms with E-state index in [0.717, 1.165) is 18.5 Å². The fourth-order valence-corrected chi connectivity index (χ4v) is 2.86. The van der Waals surface area contributed by atoms with Gasteiger partial charge in [-0.15, -0.1) is 0 Å². The zero-order valence-corrected chi connectivity index (χ0v) is 10.6. The van der Waals surface area contributed by atoms with Crippen LogP contribution >= 0.6 is 0 Å². The van der Waals surface area contributed by atoms with Gasteiger partial charge in [0.25, 0.3) is 0 Å². The Morgan fingerprint density at radius 1 is 1.20 bits per heavy atom. The smallest absolute Gasteiger partial charge is 0.0558 e. The largest absolute Gasteiger partial charge is 0.395 e. The van der Waals surface area contributed by atoms with Crippen LogP contribution in [0.5, 0.6) is 0 Å². The minimum absolute atomic E-state index is 0.298. The molecule has 0 spiro atoms. The zero-order chi connectivity index (χ0) is 11.3. The van der Waals surface area contributed by atoms with Gasteiger partial charge in [0, 0.05) is 18.6 Å². The van der Waals surface area contributed by atoms with Crippen molar-refractivity contribution in [3.63, 3.8) is 0 Å². The second-order valence-corrected chi connectivity index (χ2v) is 5.14. The summed E-state index contributed by atoms with van der Waals surface area (Å²) < 4.78 is 0. The summed E-state index contributed by atoms with van der Waals surface area (Å²) in [5.41, 5.74) is 0. The molecule has 1 aliphatic rings. The molecule has 2 nitrogen and oxygen atoms in total. The van der Waals surface area contributed by atoms with Crippen LogP contribution < -0.4 is 0 Å². The summed E-state index contributed by atoms with van der Waals surface area (Å²) in [5, 5.41) is 9.07. The molecule has 15 heavy (non-hydrogen) atoms. The van der Waals surface area contributed by atoms with E-state index in [9.17, 15) is 0 Å². The molecule has 1 saturated carbocycles. The fraction of sp³-hybridized carbons (Fsp3) is 1.00. The average molecular weight is 213 g/mol. The van der Waals surface area contributed by atoms with E-state index in [1.54, 1.807) is 0 Å². The molecule has 0 saturated heterocycles. The van der Waals surface area contributed by atoms with E-state index in [-0.39, 0.29) is 0 Å². The van der Waals surface area contributed by atoms with Gasteiger partial charge in [0.1, 0.15) is 0 Å². The highest BCUT2D eigenvalue weighted by atomic mass is 16.3. The van der Waals surface area contributed by atoms with Crippen LogP contribution in [0.3, 0.4) is 0 Å². The standard InChI is InChI=1S/C13H27NO/c1-4-12-5-7-13(8-6-12)14(9-10-15)11(2)3/h11-13,15H,4-10H2,1-3H3. The average Bonchev–Trinajstić information content (AvgIpc) is 2.26. The quantitative estimate of drug-likeness (QED) is 0.759. The lowest BCUT2D eigenvalue weighted by atomic mass is 9.83. The van der Waals surface area contributed by atoms with Crippen LogP contribution in [0.2, 0.25) is 0 Å². The summed E-state index contributed by atoms with van der Waals surface area (Å²) in [6, 6.07) is 1.29. The highest BCUT2D eigenvalue weighted by Crippen LogP contribution is 2.30. The summed E-state index contributed by atoms with van der Waals surface area (Å²) >= 11 is 0. The molecule has 0 aromatic heterocycles. The molecule has 1 rings (SSSR count). The van der Waals surface area contributed by atoms with Crippen LogP contribution in [-0.2, 0) is 0 Å². The highest BCUT2D eigenvalue weighted by Gasteiger charge is 2.25. The van der Waals surface area contributed by atoms with E-state index in [0.29, 0.717) is 12.6 Å². The monoisotopic (exact) mass is 213 g/mol. The summed E-state index contributed by atoms with van der Waals surface area (Å²) in [6.07, 6.45) is 6.77. The van der Waals surface area contributed by atoms with E-state index >= 15 is 0 Å². The van der Waals surface area contributed by atoms with Gasteiger partial charge in [-0.3, -0.25) is 4.90 Å². The van der Waals surface area contributed by atoms with E-state index in [4.69, 9.17) is 5.11 Å². The Labute approximate surface area is 94.7 Å². The predicted octanol–water partition coefficient (Wildman–Crippen LogP) is 2.66. The molecule has 0 aromatic rings. The molecule has 90 valence electrons.